The molecule has 0 heterocycles. The maximum Gasteiger partial charge on any atom is 0.251 e. The third-order valence-electron chi connectivity index (χ3n) is 3.17. The summed E-state index contributed by atoms with van der Waals surface area (Å²) in [4.78, 5) is 12.7. The maximum atomic E-state index is 12.1. The molecule has 0 atom stereocenters. The molecule has 1 aliphatic carbocycles. The van der Waals surface area contributed by atoms with E-state index in [0.29, 0.717) is 21.5 Å². The molecule has 1 aromatic carbocycles. The summed E-state index contributed by atoms with van der Waals surface area (Å²) in [6.45, 7) is 0. The van der Waals surface area contributed by atoms with Gasteiger partial charge in [0.1, 0.15) is 0 Å². The van der Waals surface area contributed by atoms with Crippen molar-refractivity contribution in [1.82, 2.24) is 5.32 Å². The first-order valence-electron chi connectivity index (χ1n) is 5.96. The first-order chi connectivity index (χ1) is 8.56. The molecular formula is C13H14Br2ClNO. The van der Waals surface area contributed by atoms with Gasteiger partial charge in [0.2, 0.25) is 0 Å². The highest BCUT2D eigenvalue weighted by molar-refractivity contribution is 9.10. The van der Waals surface area contributed by atoms with Crippen LogP contribution in [0.5, 0.6) is 0 Å². The minimum Gasteiger partial charge on any atom is -0.349 e. The molecule has 2 rings (SSSR count). The minimum absolute atomic E-state index is 0.0228. The van der Waals surface area contributed by atoms with E-state index < -0.39 is 0 Å². The average Bonchev–Trinajstić information content (AvgIpc) is 2.35. The number of amides is 1. The zero-order valence-corrected chi connectivity index (χ0v) is 13.7. The smallest absolute Gasteiger partial charge is 0.251 e. The van der Waals surface area contributed by atoms with Crippen molar-refractivity contribution in [1.29, 1.82) is 0 Å². The number of carbonyl (C=O) groups is 1. The van der Waals surface area contributed by atoms with Crippen molar-refractivity contribution in [3.8, 4) is 0 Å². The third-order valence-corrected chi connectivity index (χ3v) is 5.30. The van der Waals surface area contributed by atoms with Gasteiger partial charge in [0.25, 0.3) is 5.91 Å². The Bertz CT molecular complexity index is 445. The second kappa shape index (κ2) is 6.40. The van der Waals surface area contributed by atoms with Crippen LogP contribution in [0.4, 0.5) is 0 Å². The van der Waals surface area contributed by atoms with Crippen molar-refractivity contribution in [3.63, 3.8) is 0 Å². The van der Waals surface area contributed by atoms with E-state index in [-0.39, 0.29) is 5.91 Å². The Labute approximate surface area is 129 Å². The first-order valence-corrected chi connectivity index (χ1v) is 8.05. The van der Waals surface area contributed by atoms with Gasteiger partial charge in [-0.2, -0.15) is 0 Å². The SMILES string of the molecule is O=C(NC1CCC(Br)CC1)c1ccc(Cl)c(Br)c1. The number of nitrogens with one attached hydrogen (secondary N) is 1. The normalized spacial score (nSPS) is 23.7. The molecule has 1 fully saturated rings. The number of rotatable bonds is 2. The second-order valence-electron chi connectivity index (χ2n) is 4.55. The molecule has 2 nitrogen and oxygen atoms in total. The van der Waals surface area contributed by atoms with E-state index in [2.05, 4.69) is 37.2 Å². The Morgan fingerprint density at radius 1 is 1.28 bits per heavy atom. The molecule has 0 aliphatic heterocycles. The van der Waals surface area contributed by atoms with Gasteiger partial charge in [-0.3, -0.25) is 4.79 Å². The van der Waals surface area contributed by atoms with Crippen LogP contribution < -0.4 is 5.32 Å². The quantitative estimate of drug-likeness (QED) is 0.732. The van der Waals surface area contributed by atoms with Gasteiger partial charge in [0.05, 0.1) is 5.02 Å². The van der Waals surface area contributed by atoms with Crippen LogP contribution in [0.2, 0.25) is 5.02 Å². The lowest BCUT2D eigenvalue weighted by Gasteiger charge is -2.26. The van der Waals surface area contributed by atoms with Crippen molar-refractivity contribution in [2.24, 2.45) is 0 Å². The summed E-state index contributed by atoms with van der Waals surface area (Å²) in [5.74, 6) is -0.0228. The van der Waals surface area contributed by atoms with Crippen LogP contribution in [-0.4, -0.2) is 16.8 Å². The highest BCUT2D eigenvalue weighted by Gasteiger charge is 2.21. The lowest BCUT2D eigenvalue weighted by Crippen LogP contribution is -2.37. The van der Waals surface area contributed by atoms with E-state index in [9.17, 15) is 4.79 Å². The van der Waals surface area contributed by atoms with Crippen LogP contribution in [0, 0.1) is 0 Å². The van der Waals surface area contributed by atoms with Crippen LogP contribution in [0.15, 0.2) is 22.7 Å². The van der Waals surface area contributed by atoms with Gasteiger partial charge in [-0.1, -0.05) is 27.5 Å². The molecule has 0 radical (unpaired) electrons. The average molecular weight is 396 g/mol. The molecule has 1 saturated carbocycles. The van der Waals surface area contributed by atoms with Gasteiger partial charge in [-0.25, -0.2) is 0 Å². The fourth-order valence-electron chi connectivity index (χ4n) is 2.10. The Morgan fingerprint density at radius 2 is 1.94 bits per heavy atom. The van der Waals surface area contributed by atoms with Crippen molar-refractivity contribution in [2.45, 2.75) is 36.6 Å². The number of carbonyl (C=O) groups excluding carboxylic acids is 1. The maximum absolute atomic E-state index is 12.1. The Hall–Kier alpha value is -0.0600. The Morgan fingerprint density at radius 3 is 2.56 bits per heavy atom. The lowest BCUT2D eigenvalue weighted by atomic mass is 9.95. The number of alkyl halides is 1. The molecule has 1 aromatic rings. The highest BCUT2D eigenvalue weighted by atomic mass is 79.9. The molecule has 18 heavy (non-hydrogen) atoms. The van der Waals surface area contributed by atoms with Gasteiger partial charge < -0.3 is 5.32 Å². The van der Waals surface area contributed by atoms with Crippen LogP contribution in [0.3, 0.4) is 0 Å². The van der Waals surface area contributed by atoms with E-state index in [1.165, 1.54) is 0 Å². The molecular weight excluding hydrogens is 381 g/mol. The second-order valence-corrected chi connectivity index (χ2v) is 7.11. The molecule has 0 unspecified atom stereocenters. The van der Waals surface area contributed by atoms with Crippen LogP contribution in [0.1, 0.15) is 36.0 Å². The molecule has 0 aromatic heterocycles. The third kappa shape index (κ3) is 3.72. The topological polar surface area (TPSA) is 29.1 Å². The van der Waals surface area contributed by atoms with Crippen molar-refractivity contribution >= 4 is 49.4 Å². The summed E-state index contributed by atoms with van der Waals surface area (Å²) in [7, 11) is 0. The highest BCUT2D eigenvalue weighted by Crippen LogP contribution is 2.25. The fraction of sp³-hybridized carbons (Fsp3) is 0.462. The molecule has 5 heteroatoms. The zero-order valence-electron chi connectivity index (χ0n) is 9.76. The number of hydrogen-bond donors (Lipinski definition) is 1. The zero-order chi connectivity index (χ0) is 13.1. The summed E-state index contributed by atoms with van der Waals surface area (Å²) < 4.78 is 0.751. The predicted molar refractivity (Wildman–Crippen MR) is 81.6 cm³/mol. The van der Waals surface area contributed by atoms with Gasteiger partial charge in [0.15, 0.2) is 0 Å². The lowest BCUT2D eigenvalue weighted by molar-refractivity contribution is 0.0928. The minimum atomic E-state index is -0.0228. The van der Waals surface area contributed by atoms with Crippen molar-refractivity contribution < 1.29 is 4.79 Å². The molecule has 98 valence electrons. The first kappa shape index (κ1) is 14.4. The summed E-state index contributed by atoms with van der Waals surface area (Å²) >= 11 is 12.8. The standard InChI is InChI=1S/C13H14Br2ClNO/c14-9-2-4-10(5-3-9)17-13(18)8-1-6-12(16)11(15)7-8/h1,6-7,9-10H,2-5H2,(H,17,18). The molecule has 0 spiro atoms. The molecule has 1 aliphatic rings. The van der Waals surface area contributed by atoms with Gasteiger partial charge in [0, 0.05) is 20.9 Å². The van der Waals surface area contributed by atoms with Gasteiger partial charge >= 0.3 is 0 Å². The molecule has 1 amide bonds. The van der Waals surface area contributed by atoms with Crippen molar-refractivity contribution in [2.75, 3.05) is 0 Å². The predicted octanol–water partition coefficient (Wildman–Crippen LogP) is 4.54. The van der Waals surface area contributed by atoms with E-state index in [1.807, 2.05) is 0 Å². The fourth-order valence-corrected chi connectivity index (χ4v) is 3.13. The van der Waals surface area contributed by atoms with Crippen molar-refractivity contribution in [3.05, 3.63) is 33.3 Å². The van der Waals surface area contributed by atoms with E-state index in [4.69, 9.17) is 11.6 Å². The largest absolute Gasteiger partial charge is 0.349 e. The van der Waals surface area contributed by atoms with E-state index >= 15 is 0 Å². The Kier molecular flexibility index (Phi) is 5.10. The molecule has 0 saturated heterocycles. The van der Waals surface area contributed by atoms with Crippen LogP contribution in [-0.2, 0) is 0 Å². The van der Waals surface area contributed by atoms with Crippen LogP contribution in [0.25, 0.3) is 0 Å². The summed E-state index contributed by atoms with van der Waals surface area (Å²) in [5.41, 5.74) is 0.646. The Balaban J connectivity index is 1.97. The van der Waals surface area contributed by atoms with E-state index in [0.717, 1.165) is 30.2 Å². The van der Waals surface area contributed by atoms with Gasteiger partial charge in [-0.05, 0) is 59.8 Å². The molecule has 1 N–H and O–H groups in total. The number of benzene rings is 1. The van der Waals surface area contributed by atoms with Crippen LogP contribution >= 0.6 is 43.5 Å². The van der Waals surface area contributed by atoms with E-state index in [1.54, 1.807) is 18.2 Å². The summed E-state index contributed by atoms with van der Waals surface area (Å²) in [6, 6.07) is 5.53. The summed E-state index contributed by atoms with van der Waals surface area (Å²) in [5, 5.41) is 3.70. The van der Waals surface area contributed by atoms with Gasteiger partial charge in [-0.15, -0.1) is 0 Å². The number of hydrogen-bond acceptors (Lipinski definition) is 1. The summed E-state index contributed by atoms with van der Waals surface area (Å²) in [6.07, 6.45) is 4.32. The number of halogens is 3. The molecule has 0 bridgehead atoms. The monoisotopic (exact) mass is 393 g/mol.